The molecule has 160 valence electrons. The van der Waals surface area contributed by atoms with Crippen molar-refractivity contribution in [2.24, 2.45) is 0 Å². The van der Waals surface area contributed by atoms with Crippen LogP contribution in [0.4, 0.5) is 5.69 Å². The SMILES string of the molecule is COc1ccccc1NC(=O)CSC1NCC(S(=O)(=O)c2ccc(C)cc2)C(=O)N1. The normalized spacial score (nSPS) is 19.1. The number of carbonyl (C=O) groups excluding carboxylic acids is 2. The first-order valence-corrected chi connectivity index (χ1v) is 11.8. The van der Waals surface area contributed by atoms with Crippen LogP contribution in [-0.4, -0.2) is 50.4 Å². The van der Waals surface area contributed by atoms with Gasteiger partial charge in [-0.25, -0.2) is 8.42 Å². The minimum Gasteiger partial charge on any atom is -0.495 e. The third-order valence-corrected chi connectivity index (χ3v) is 7.65. The van der Waals surface area contributed by atoms with E-state index in [1.165, 1.54) is 19.2 Å². The van der Waals surface area contributed by atoms with E-state index in [9.17, 15) is 18.0 Å². The molecule has 10 heteroatoms. The molecule has 8 nitrogen and oxygen atoms in total. The molecule has 0 radical (unpaired) electrons. The lowest BCUT2D eigenvalue weighted by atomic mass is 10.2. The number of sulfone groups is 1. The predicted octanol–water partition coefficient (Wildman–Crippen LogP) is 1.52. The van der Waals surface area contributed by atoms with E-state index >= 15 is 0 Å². The van der Waals surface area contributed by atoms with Gasteiger partial charge in [-0.2, -0.15) is 0 Å². The summed E-state index contributed by atoms with van der Waals surface area (Å²) in [6.45, 7) is 1.82. The van der Waals surface area contributed by atoms with Crippen LogP contribution in [0.3, 0.4) is 0 Å². The number of nitrogens with one attached hydrogen (secondary N) is 3. The van der Waals surface area contributed by atoms with Gasteiger partial charge in [-0.1, -0.05) is 29.8 Å². The molecule has 1 aliphatic rings. The van der Waals surface area contributed by atoms with Crippen LogP contribution >= 0.6 is 11.8 Å². The summed E-state index contributed by atoms with van der Waals surface area (Å²) in [6.07, 6.45) is 0. The second-order valence-corrected chi connectivity index (χ2v) is 9.93. The van der Waals surface area contributed by atoms with Gasteiger partial charge >= 0.3 is 0 Å². The van der Waals surface area contributed by atoms with Gasteiger partial charge in [0.05, 0.1) is 23.4 Å². The molecule has 0 bridgehead atoms. The molecule has 1 saturated heterocycles. The lowest BCUT2D eigenvalue weighted by molar-refractivity contribution is -0.122. The molecule has 2 unspecified atom stereocenters. The first-order chi connectivity index (χ1) is 14.3. The number of hydrogen-bond donors (Lipinski definition) is 3. The van der Waals surface area contributed by atoms with Gasteiger partial charge in [-0.3, -0.25) is 14.9 Å². The number of carbonyl (C=O) groups is 2. The molecule has 0 aromatic heterocycles. The van der Waals surface area contributed by atoms with Crippen molar-refractivity contribution < 1.29 is 22.7 Å². The Morgan fingerprint density at radius 1 is 1.20 bits per heavy atom. The Labute approximate surface area is 179 Å². The van der Waals surface area contributed by atoms with Gasteiger partial charge < -0.3 is 15.4 Å². The number of rotatable bonds is 7. The first-order valence-electron chi connectivity index (χ1n) is 9.20. The molecular formula is C20H23N3O5S2. The molecule has 2 amide bonds. The molecule has 0 spiro atoms. The maximum absolute atomic E-state index is 12.8. The Kier molecular flexibility index (Phi) is 7.01. The minimum absolute atomic E-state index is 0.0339. The lowest BCUT2D eigenvalue weighted by Gasteiger charge is -2.29. The number of methoxy groups -OCH3 is 1. The fraction of sp³-hybridized carbons (Fsp3) is 0.300. The number of benzene rings is 2. The maximum Gasteiger partial charge on any atom is 0.241 e. The van der Waals surface area contributed by atoms with Crippen molar-refractivity contribution in [3.63, 3.8) is 0 Å². The molecule has 0 saturated carbocycles. The number of para-hydroxylation sites is 2. The monoisotopic (exact) mass is 449 g/mol. The van der Waals surface area contributed by atoms with Gasteiger partial charge in [0.1, 0.15) is 11.2 Å². The van der Waals surface area contributed by atoms with Crippen LogP contribution in [0.5, 0.6) is 5.75 Å². The molecule has 1 fully saturated rings. The van der Waals surface area contributed by atoms with Crippen molar-refractivity contribution in [2.45, 2.75) is 22.6 Å². The summed E-state index contributed by atoms with van der Waals surface area (Å²) >= 11 is 1.16. The summed E-state index contributed by atoms with van der Waals surface area (Å²) < 4.78 is 30.7. The van der Waals surface area contributed by atoms with Crippen LogP contribution in [0.25, 0.3) is 0 Å². The fourth-order valence-electron chi connectivity index (χ4n) is 2.92. The smallest absolute Gasteiger partial charge is 0.241 e. The highest BCUT2D eigenvalue weighted by atomic mass is 32.2. The average molecular weight is 450 g/mol. The molecule has 3 N–H and O–H groups in total. The number of thioether (sulfide) groups is 1. The topological polar surface area (TPSA) is 114 Å². The third-order valence-electron chi connectivity index (χ3n) is 4.54. The molecule has 0 aliphatic carbocycles. The average Bonchev–Trinajstić information content (AvgIpc) is 2.73. The van der Waals surface area contributed by atoms with E-state index in [2.05, 4.69) is 16.0 Å². The van der Waals surface area contributed by atoms with Gasteiger partial charge in [0.25, 0.3) is 0 Å². The Bertz CT molecular complexity index is 1020. The number of amides is 2. The Morgan fingerprint density at radius 3 is 2.57 bits per heavy atom. The van der Waals surface area contributed by atoms with Crippen molar-refractivity contribution >= 4 is 39.1 Å². The maximum atomic E-state index is 12.8. The molecule has 1 aliphatic heterocycles. The van der Waals surface area contributed by atoms with E-state index in [4.69, 9.17) is 4.74 Å². The van der Waals surface area contributed by atoms with Crippen LogP contribution in [-0.2, 0) is 19.4 Å². The Morgan fingerprint density at radius 2 is 1.90 bits per heavy atom. The van der Waals surface area contributed by atoms with Crippen LogP contribution in [0.15, 0.2) is 53.4 Å². The fourth-order valence-corrected chi connectivity index (χ4v) is 5.23. The first kappa shape index (κ1) is 22.1. The molecule has 2 aromatic rings. The second kappa shape index (κ2) is 9.50. The Balaban J connectivity index is 1.55. The van der Waals surface area contributed by atoms with Crippen LogP contribution in [0.1, 0.15) is 5.56 Å². The highest BCUT2D eigenvalue weighted by molar-refractivity contribution is 8.00. The van der Waals surface area contributed by atoms with E-state index in [1.807, 2.05) is 6.92 Å². The molecular weight excluding hydrogens is 426 g/mol. The second-order valence-electron chi connectivity index (χ2n) is 6.70. The summed E-state index contributed by atoms with van der Waals surface area (Å²) in [6, 6.07) is 13.4. The van der Waals surface area contributed by atoms with Crippen LogP contribution in [0, 0.1) is 6.92 Å². The zero-order valence-electron chi connectivity index (χ0n) is 16.5. The van der Waals surface area contributed by atoms with E-state index in [-0.39, 0.29) is 23.1 Å². The summed E-state index contributed by atoms with van der Waals surface area (Å²) in [5, 5.41) is 7.13. The van der Waals surface area contributed by atoms with Gasteiger partial charge in [0.2, 0.25) is 11.8 Å². The molecule has 2 atom stereocenters. The van der Waals surface area contributed by atoms with Gasteiger partial charge in [0, 0.05) is 6.54 Å². The van der Waals surface area contributed by atoms with Crippen molar-refractivity contribution in [1.29, 1.82) is 0 Å². The summed E-state index contributed by atoms with van der Waals surface area (Å²) in [5.41, 5.74) is 0.920. The lowest BCUT2D eigenvalue weighted by Crippen LogP contribution is -2.59. The van der Waals surface area contributed by atoms with E-state index in [1.54, 1.807) is 36.4 Å². The molecule has 1 heterocycles. The standard InChI is InChI=1S/C20H23N3O5S2/c1-13-7-9-14(10-8-13)30(26,27)17-11-21-20(23-19(17)25)29-12-18(24)22-15-5-3-4-6-16(15)28-2/h3-10,17,20-21H,11-12H2,1-2H3,(H,22,24)(H,23,25). The zero-order valence-corrected chi connectivity index (χ0v) is 18.2. The van der Waals surface area contributed by atoms with Crippen LogP contribution in [0.2, 0.25) is 0 Å². The van der Waals surface area contributed by atoms with Crippen molar-refractivity contribution in [1.82, 2.24) is 10.6 Å². The van der Waals surface area contributed by atoms with Crippen molar-refractivity contribution in [2.75, 3.05) is 24.7 Å². The summed E-state index contributed by atoms with van der Waals surface area (Å²) in [4.78, 5) is 24.8. The van der Waals surface area contributed by atoms with Gasteiger partial charge in [0.15, 0.2) is 15.1 Å². The quantitative estimate of drug-likeness (QED) is 0.587. The number of ether oxygens (including phenoxy) is 1. The summed E-state index contributed by atoms with van der Waals surface area (Å²) in [7, 11) is -2.29. The molecule has 2 aromatic carbocycles. The predicted molar refractivity (Wildman–Crippen MR) is 116 cm³/mol. The number of hydrogen-bond acceptors (Lipinski definition) is 7. The van der Waals surface area contributed by atoms with Crippen LogP contribution < -0.4 is 20.7 Å². The number of aryl methyl sites for hydroxylation is 1. The van der Waals surface area contributed by atoms with E-state index < -0.39 is 26.5 Å². The molecule has 30 heavy (non-hydrogen) atoms. The Hall–Kier alpha value is -2.56. The summed E-state index contributed by atoms with van der Waals surface area (Å²) in [5.74, 6) is -0.248. The van der Waals surface area contributed by atoms with E-state index in [0.29, 0.717) is 11.4 Å². The van der Waals surface area contributed by atoms with Gasteiger partial charge in [-0.05, 0) is 31.2 Å². The minimum atomic E-state index is -3.81. The number of anilines is 1. The third kappa shape index (κ3) is 5.13. The van der Waals surface area contributed by atoms with Crippen molar-refractivity contribution in [3.05, 3.63) is 54.1 Å². The highest BCUT2D eigenvalue weighted by Gasteiger charge is 2.38. The highest BCUT2D eigenvalue weighted by Crippen LogP contribution is 2.24. The largest absolute Gasteiger partial charge is 0.495 e. The molecule has 3 rings (SSSR count). The zero-order chi connectivity index (χ0) is 21.7. The van der Waals surface area contributed by atoms with Crippen molar-refractivity contribution in [3.8, 4) is 5.75 Å². The van der Waals surface area contributed by atoms with Gasteiger partial charge in [-0.15, -0.1) is 11.8 Å². The van der Waals surface area contributed by atoms with E-state index in [0.717, 1.165) is 17.3 Å².